The number of anilines is 1. The van der Waals surface area contributed by atoms with Crippen molar-refractivity contribution >= 4 is 17.5 Å². The van der Waals surface area contributed by atoms with E-state index in [1.165, 1.54) is 16.8 Å². The lowest BCUT2D eigenvalue weighted by molar-refractivity contribution is -0.139. The third-order valence-corrected chi connectivity index (χ3v) is 5.52. The third kappa shape index (κ3) is 5.02. The largest absolute Gasteiger partial charge is 0.379 e. The van der Waals surface area contributed by atoms with E-state index in [0.29, 0.717) is 26.3 Å². The Labute approximate surface area is 167 Å². The molecule has 0 spiro atoms. The highest BCUT2D eigenvalue weighted by Gasteiger charge is 2.26. The molecule has 1 fully saturated rings. The monoisotopic (exact) mass is 388 g/mol. The summed E-state index contributed by atoms with van der Waals surface area (Å²) in [4.78, 5) is 28.7. The fraction of sp³-hybridized carbons (Fsp3) is 0.619. The quantitative estimate of drug-likeness (QED) is 0.714. The van der Waals surface area contributed by atoms with Gasteiger partial charge in [0.25, 0.3) is 0 Å². The molecule has 1 aromatic rings. The van der Waals surface area contributed by atoms with Crippen LogP contribution in [0.4, 0.5) is 5.69 Å². The first-order valence-electron chi connectivity index (χ1n) is 10.3. The topological polar surface area (TPSA) is 73.9 Å². The minimum absolute atomic E-state index is 0.0318. The first-order chi connectivity index (χ1) is 13.6. The van der Waals surface area contributed by atoms with Crippen molar-refractivity contribution in [3.05, 3.63) is 29.3 Å². The van der Waals surface area contributed by atoms with E-state index in [1.54, 1.807) is 0 Å². The van der Waals surface area contributed by atoms with E-state index in [9.17, 15) is 9.59 Å². The summed E-state index contributed by atoms with van der Waals surface area (Å²) in [7, 11) is 2.13. The van der Waals surface area contributed by atoms with E-state index >= 15 is 0 Å². The predicted molar refractivity (Wildman–Crippen MR) is 109 cm³/mol. The van der Waals surface area contributed by atoms with Crippen LogP contribution in [0.2, 0.25) is 0 Å². The summed E-state index contributed by atoms with van der Waals surface area (Å²) in [6.45, 7) is 6.98. The van der Waals surface area contributed by atoms with Crippen molar-refractivity contribution < 1.29 is 14.3 Å². The smallest absolute Gasteiger partial charge is 0.309 e. The molecule has 28 heavy (non-hydrogen) atoms. The minimum Gasteiger partial charge on any atom is -0.379 e. The maximum absolute atomic E-state index is 12.2. The molecule has 0 radical (unpaired) electrons. The van der Waals surface area contributed by atoms with Crippen molar-refractivity contribution in [2.75, 3.05) is 57.9 Å². The van der Waals surface area contributed by atoms with Crippen molar-refractivity contribution in [1.29, 1.82) is 0 Å². The number of fused-ring (bicyclic) bond motifs is 1. The molecule has 7 heteroatoms. The average molecular weight is 389 g/mol. The summed E-state index contributed by atoms with van der Waals surface area (Å²) < 4.78 is 5.50. The van der Waals surface area contributed by atoms with Crippen LogP contribution < -0.4 is 15.5 Å². The lowest BCUT2D eigenvalue weighted by Crippen LogP contribution is -2.46. The summed E-state index contributed by atoms with van der Waals surface area (Å²) in [5.41, 5.74) is 3.83. The molecule has 0 saturated carbocycles. The first-order valence-corrected chi connectivity index (χ1v) is 10.3. The number of morpholine rings is 1. The zero-order valence-electron chi connectivity index (χ0n) is 17.0. The molecule has 3 rings (SSSR count). The van der Waals surface area contributed by atoms with Gasteiger partial charge in [0.05, 0.1) is 19.3 Å². The zero-order valence-corrected chi connectivity index (χ0v) is 17.0. The number of carbonyl (C=O) groups excluding carboxylic acids is 2. The number of nitrogens with one attached hydrogen (secondary N) is 2. The van der Waals surface area contributed by atoms with Crippen LogP contribution in [-0.4, -0.2) is 69.7 Å². The van der Waals surface area contributed by atoms with Crippen LogP contribution in [0.3, 0.4) is 0 Å². The van der Waals surface area contributed by atoms with Gasteiger partial charge < -0.3 is 20.3 Å². The lowest BCUT2D eigenvalue weighted by Gasteiger charge is -2.36. The fourth-order valence-corrected chi connectivity index (χ4v) is 3.95. The Kier molecular flexibility index (Phi) is 7.28. The minimum atomic E-state index is -0.565. The van der Waals surface area contributed by atoms with Crippen LogP contribution in [0.5, 0.6) is 0 Å². The van der Waals surface area contributed by atoms with Gasteiger partial charge in [-0.15, -0.1) is 0 Å². The van der Waals surface area contributed by atoms with Crippen LogP contribution in [0.15, 0.2) is 18.2 Å². The summed E-state index contributed by atoms with van der Waals surface area (Å²) in [6.07, 6.45) is 3.04. The molecular weight excluding hydrogens is 356 g/mol. The van der Waals surface area contributed by atoms with Gasteiger partial charge in [-0.2, -0.15) is 0 Å². The second-order valence-corrected chi connectivity index (χ2v) is 7.54. The van der Waals surface area contributed by atoms with Crippen LogP contribution in [0.25, 0.3) is 0 Å². The Morgan fingerprint density at radius 1 is 1.14 bits per heavy atom. The molecule has 1 aromatic carbocycles. The fourth-order valence-electron chi connectivity index (χ4n) is 3.95. The molecule has 2 amide bonds. The van der Waals surface area contributed by atoms with Gasteiger partial charge in [0.15, 0.2) is 0 Å². The second kappa shape index (κ2) is 9.89. The molecule has 2 aliphatic rings. The molecule has 7 nitrogen and oxygen atoms in total. The lowest BCUT2D eigenvalue weighted by atomic mass is 9.95. The van der Waals surface area contributed by atoms with Gasteiger partial charge in [0, 0.05) is 45.5 Å². The van der Waals surface area contributed by atoms with Crippen molar-refractivity contribution in [3.63, 3.8) is 0 Å². The Morgan fingerprint density at radius 3 is 2.64 bits per heavy atom. The molecule has 0 aliphatic carbocycles. The van der Waals surface area contributed by atoms with Crippen LogP contribution in [0, 0.1) is 0 Å². The number of nitrogens with zero attached hydrogens (tertiary/aromatic N) is 2. The Bertz CT molecular complexity index is 688. The molecule has 2 heterocycles. The highest BCUT2D eigenvalue weighted by atomic mass is 16.5. The molecule has 0 aromatic heterocycles. The summed E-state index contributed by atoms with van der Waals surface area (Å²) in [5, 5.41) is 5.46. The van der Waals surface area contributed by atoms with Gasteiger partial charge in [-0.05, 0) is 36.5 Å². The van der Waals surface area contributed by atoms with Crippen LogP contribution >= 0.6 is 0 Å². The van der Waals surface area contributed by atoms with E-state index in [4.69, 9.17) is 4.74 Å². The average Bonchev–Trinajstić information content (AvgIpc) is 2.73. The summed E-state index contributed by atoms with van der Waals surface area (Å²) >= 11 is 0. The van der Waals surface area contributed by atoms with Crippen molar-refractivity contribution in [3.8, 4) is 0 Å². The molecular formula is C21H32N4O3. The molecule has 0 bridgehead atoms. The van der Waals surface area contributed by atoms with E-state index in [2.05, 4.69) is 45.7 Å². The molecule has 1 unspecified atom stereocenters. The van der Waals surface area contributed by atoms with Crippen LogP contribution in [-0.2, 0) is 20.7 Å². The number of amides is 2. The molecule has 2 N–H and O–H groups in total. The Morgan fingerprint density at radius 2 is 1.89 bits per heavy atom. The highest BCUT2D eigenvalue weighted by Crippen LogP contribution is 2.30. The Hall–Kier alpha value is -2.12. The highest BCUT2D eigenvalue weighted by molar-refractivity contribution is 6.35. The van der Waals surface area contributed by atoms with Gasteiger partial charge >= 0.3 is 11.8 Å². The van der Waals surface area contributed by atoms with Crippen molar-refractivity contribution in [2.45, 2.75) is 32.2 Å². The molecule has 1 saturated heterocycles. The van der Waals surface area contributed by atoms with E-state index < -0.39 is 11.8 Å². The molecule has 1 atom stereocenters. The van der Waals surface area contributed by atoms with Gasteiger partial charge in [0.2, 0.25) is 0 Å². The van der Waals surface area contributed by atoms with Gasteiger partial charge in [-0.1, -0.05) is 19.1 Å². The van der Waals surface area contributed by atoms with E-state index in [-0.39, 0.29) is 6.04 Å². The van der Waals surface area contributed by atoms with Crippen molar-refractivity contribution in [1.82, 2.24) is 15.5 Å². The Balaban J connectivity index is 1.74. The van der Waals surface area contributed by atoms with Gasteiger partial charge in [-0.3, -0.25) is 14.5 Å². The number of hydrogen-bond donors (Lipinski definition) is 2. The number of rotatable bonds is 6. The van der Waals surface area contributed by atoms with Gasteiger partial charge in [0.1, 0.15) is 0 Å². The van der Waals surface area contributed by atoms with Crippen LogP contribution in [0.1, 0.15) is 36.9 Å². The summed E-state index contributed by atoms with van der Waals surface area (Å²) in [5.74, 6) is -1.13. The number of ether oxygens (including phenoxy) is 1. The van der Waals surface area contributed by atoms with E-state index in [1.807, 2.05) is 6.92 Å². The van der Waals surface area contributed by atoms with Gasteiger partial charge in [-0.25, -0.2) is 0 Å². The van der Waals surface area contributed by atoms with E-state index in [0.717, 1.165) is 38.9 Å². The normalized spacial score (nSPS) is 18.3. The molecule has 154 valence electrons. The standard InChI is InChI=1S/C21H32N4O3/c1-3-8-22-20(26)21(27)23-15-19(25-10-12-28-13-11-25)17-6-7-18-16(14-17)5-4-9-24(18)2/h6-7,14,19H,3-5,8-13,15H2,1-2H3,(H,22,26)(H,23,27). The second-order valence-electron chi connectivity index (χ2n) is 7.54. The molecule has 2 aliphatic heterocycles. The maximum atomic E-state index is 12.2. The maximum Gasteiger partial charge on any atom is 0.309 e. The summed E-state index contributed by atoms with van der Waals surface area (Å²) in [6, 6.07) is 6.65. The third-order valence-electron chi connectivity index (χ3n) is 5.52. The zero-order chi connectivity index (χ0) is 19.9. The first kappa shape index (κ1) is 20.6. The number of carbonyl (C=O) groups is 2. The number of aryl methyl sites for hydroxylation is 1. The number of hydrogen-bond acceptors (Lipinski definition) is 5. The van der Waals surface area contributed by atoms with Crippen molar-refractivity contribution in [2.24, 2.45) is 0 Å². The SMILES string of the molecule is CCCNC(=O)C(=O)NCC(c1ccc2c(c1)CCCN2C)N1CCOCC1. The predicted octanol–water partition coefficient (Wildman–Crippen LogP) is 1.08. The number of benzene rings is 1.